The van der Waals surface area contributed by atoms with Gasteiger partial charge in [0.1, 0.15) is 5.76 Å². The Morgan fingerprint density at radius 1 is 1.37 bits per heavy atom. The van der Waals surface area contributed by atoms with Gasteiger partial charge < -0.3 is 9.73 Å². The fourth-order valence-electron chi connectivity index (χ4n) is 3.15. The summed E-state index contributed by atoms with van der Waals surface area (Å²) in [5.41, 5.74) is 0. The van der Waals surface area contributed by atoms with Crippen LogP contribution in [0.2, 0.25) is 0 Å². The molecule has 0 aromatic carbocycles. The van der Waals surface area contributed by atoms with Crippen LogP contribution in [0.5, 0.6) is 0 Å². The van der Waals surface area contributed by atoms with Gasteiger partial charge in [-0.15, -0.1) is 0 Å². The third kappa shape index (κ3) is 4.08. The van der Waals surface area contributed by atoms with E-state index in [2.05, 4.69) is 57.9 Å². The van der Waals surface area contributed by atoms with Gasteiger partial charge in [0.05, 0.1) is 11.0 Å². The molecule has 2 rings (SSSR count). The largest absolute Gasteiger partial charge is 0.452 e. The SMILES string of the molecule is CC1CCC(C(C)C)C(NCc2cc(Br)c(Br)o2)C1. The highest BCUT2D eigenvalue weighted by molar-refractivity contribution is 9.13. The van der Waals surface area contributed by atoms with Crippen LogP contribution in [-0.4, -0.2) is 6.04 Å². The predicted octanol–water partition coefficient (Wildman–Crippen LogP) is 5.36. The van der Waals surface area contributed by atoms with E-state index >= 15 is 0 Å². The fraction of sp³-hybridized carbons (Fsp3) is 0.733. The zero-order valence-corrected chi connectivity index (χ0v) is 15.1. The average molecular weight is 393 g/mol. The lowest BCUT2D eigenvalue weighted by Gasteiger charge is -2.37. The first-order valence-corrected chi connectivity index (χ1v) is 8.73. The molecule has 1 N–H and O–H groups in total. The third-order valence-electron chi connectivity index (χ3n) is 4.26. The van der Waals surface area contributed by atoms with Gasteiger partial charge in [0.25, 0.3) is 0 Å². The van der Waals surface area contributed by atoms with Gasteiger partial charge in [0, 0.05) is 6.04 Å². The van der Waals surface area contributed by atoms with Gasteiger partial charge in [-0.3, -0.25) is 0 Å². The minimum Gasteiger partial charge on any atom is -0.452 e. The molecule has 1 aromatic rings. The van der Waals surface area contributed by atoms with E-state index in [1.54, 1.807) is 0 Å². The van der Waals surface area contributed by atoms with Gasteiger partial charge in [-0.25, -0.2) is 0 Å². The summed E-state index contributed by atoms with van der Waals surface area (Å²) < 4.78 is 7.40. The van der Waals surface area contributed by atoms with E-state index in [0.717, 1.165) is 39.2 Å². The molecular formula is C15H23Br2NO. The molecule has 0 radical (unpaired) electrons. The molecule has 0 amide bonds. The molecule has 1 fully saturated rings. The third-order valence-corrected chi connectivity index (χ3v) is 5.97. The number of furan rings is 1. The highest BCUT2D eigenvalue weighted by Crippen LogP contribution is 2.34. The van der Waals surface area contributed by atoms with Crippen molar-refractivity contribution in [2.75, 3.05) is 0 Å². The molecule has 4 heteroatoms. The topological polar surface area (TPSA) is 25.2 Å². The Hall–Kier alpha value is 0.200. The van der Waals surface area contributed by atoms with Crippen LogP contribution in [-0.2, 0) is 6.54 Å². The van der Waals surface area contributed by atoms with Crippen LogP contribution >= 0.6 is 31.9 Å². The van der Waals surface area contributed by atoms with Crippen molar-refractivity contribution in [3.63, 3.8) is 0 Å². The van der Waals surface area contributed by atoms with Crippen LogP contribution in [0.3, 0.4) is 0 Å². The summed E-state index contributed by atoms with van der Waals surface area (Å²) in [7, 11) is 0. The molecular weight excluding hydrogens is 370 g/mol. The summed E-state index contributed by atoms with van der Waals surface area (Å²) in [5.74, 6) is 3.36. The average Bonchev–Trinajstić information content (AvgIpc) is 2.66. The number of rotatable bonds is 4. The standard InChI is InChI=1S/C15H23Br2NO/c1-9(2)12-5-4-10(3)6-14(12)18-8-11-7-13(16)15(17)19-11/h7,9-10,12,14,18H,4-6,8H2,1-3H3. The molecule has 1 saturated carbocycles. The van der Waals surface area contributed by atoms with Crippen molar-refractivity contribution in [1.29, 1.82) is 0 Å². The number of hydrogen-bond donors (Lipinski definition) is 1. The minimum absolute atomic E-state index is 0.617. The van der Waals surface area contributed by atoms with Crippen LogP contribution in [0.4, 0.5) is 0 Å². The van der Waals surface area contributed by atoms with E-state index < -0.39 is 0 Å². The smallest absolute Gasteiger partial charge is 0.183 e. The molecule has 0 bridgehead atoms. The zero-order chi connectivity index (χ0) is 14.0. The second kappa shape index (κ2) is 6.77. The lowest BCUT2D eigenvalue weighted by atomic mass is 9.74. The quantitative estimate of drug-likeness (QED) is 0.746. The van der Waals surface area contributed by atoms with Crippen LogP contribution in [0.15, 0.2) is 19.6 Å². The molecule has 0 aliphatic heterocycles. The van der Waals surface area contributed by atoms with Crippen molar-refractivity contribution in [3.05, 3.63) is 21.0 Å². The van der Waals surface area contributed by atoms with Crippen LogP contribution in [0, 0.1) is 17.8 Å². The van der Waals surface area contributed by atoms with Crippen molar-refractivity contribution < 1.29 is 4.42 Å². The lowest BCUT2D eigenvalue weighted by Crippen LogP contribution is -2.42. The van der Waals surface area contributed by atoms with E-state index in [0.29, 0.717) is 6.04 Å². The van der Waals surface area contributed by atoms with Gasteiger partial charge in [0.15, 0.2) is 4.67 Å². The first kappa shape index (κ1) is 15.6. The molecule has 3 unspecified atom stereocenters. The molecule has 19 heavy (non-hydrogen) atoms. The van der Waals surface area contributed by atoms with Gasteiger partial charge >= 0.3 is 0 Å². The molecule has 1 aromatic heterocycles. The van der Waals surface area contributed by atoms with Crippen LogP contribution < -0.4 is 5.32 Å². The van der Waals surface area contributed by atoms with E-state index in [1.807, 2.05) is 6.07 Å². The molecule has 1 aliphatic carbocycles. The maximum Gasteiger partial charge on any atom is 0.183 e. The Kier molecular flexibility index (Phi) is 5.55. The Bertz CT molecular complexity index is 397. The predicted molar refractivity (Wildman–Crippen MR) is 86.1 cm³/mol. The Labute approximate surface area is 133 Å². The second-order valence-electron chi connectivity index (χ2n) is 6.15. The van der Waals surface area contributed by atoms with E-state index in [1.165, 1.54) is 19.3 Å². The monoisotopic (exact) mass is 391 g/mol. The summed E-state index contributed by atoms with van der Waals surface area (Å²) in [6, 6.07) is 2.65. The molecule has 0 saturated heterocycles. The first-order valence-electron chi connectivity index (χ1n) is 7.14. The Morgan fingerprint density at radius 3 is 2.68 bits per heavy atom. The minimum atomic E-state index is 0.617. The molecule has 1 aliphatic rings. The summed E-state index contributed by atoms with van der Waals surface area (Å²) in [5, 5.41) is 3.70. The molecule has 1 heterocycles. The van der Waals surface area contributed by atoms with Gasteiger partial charge in [0.2, 0.25) is 0 Å². The van der Waals surface area contributed by atoms with Crippen LogP contribution in [0.25, 0.3) is 0 Å². The number of halogens is 2. The zero-order valence-electron chi connectivity index (χ0n) is 11.9. The maximum absolute atomic E-state index is 5.64. The summed E-state index contributed by atoms with van der Waals surface area (Å²) in [4.78, 5) is 0. The second-order valence-corrected chi connectivity index (χ2v) is 7.72. The highest BCUT2D eigenvalue weighted by atomic mass is 79.9. The Balaban J connectivity index is 1.95. The molecule has 3 atom stereocenters. The van der Waals surface area contributed by atoms with E-state index in [-0.39, 0.29) is 0 Å². The van der Waals surface area contributed by atoms with Gasteiger partial charge in [-0.2, -0.15) is 0 Å². The lowest BCUT2D eigenvalue weighted by molar-refractivity contribution is 0.166. The first-order chi connectivity index (χ1) is 8.97. The molecule has 108 valence electrons. The summed E-state index contributed by atoms with van der Waals surface area (Å²) >= 11 is 6.84. The van der Waals surface area contributed by atoms with Crippen molar-refractivity contribution in [2.45, 2.75) is 52.6 Å². The normalized spacial score (nSPS) is 28.0. The van der Waals surface area contributed by atoms with Crippen molar-refractivity contribution in [1.82, 2.24) is 5.32 Å². The van der Waals surface area contributed by atoms with E-state index in [9.17, 15) is 0 Å². The summed E-state index contributed by atoms with van der Waals surface area (Å²) in [6.07, 6.45) is 4.01. The summed E-state index contributed by atoms with van der Waals surface area (Å²) in [6.45, 7) is 7.86. The Morgan fingerprint density at radius 2 is 2.11 bits per heavy atom. The highest BCUT2D eigenvalue weighted by Gasteiger charge is 2.30. The van der Waals surface area contributed by atoms with Gasteiger partial charge in [-0.1, -0.05) is 27.2 Å². The molecule has 2 nitrogen and oxygen atoms in total. The maximum atomic E-state index is 5.64. The van der Waals surface area contributed by atoms with Crippen LogP contribution in [0.1, 0.15) is 45.8 Å². The number of nitrogens with one attached hydrogen (secondary N) is 1. The number of hydrogen-bond acceptors (Lipinski definition) is 2. The van der Waals surface area contributed by atoms with Crippen molar-refractivity contribution >= 4 is 31.9 Å². The molecule has 0 spiro atoms. The van der Waals surface area contributed by atoms with Crippen molar-refractivity contribution in [2.24, 2.45) is 17.8 Å². The van der Waals surface area contributed by atoms with Gasteiger partial charge in [-0.05, 0) is 68.5 Å². The van der Waals surface area contributed by atoms with Crippen molar-refractivity contribution in [3.8, 4) is 0 Å². The fourth-order valence-corrected chi connectivity index (χ4v) is 3.81. The van der Waals surface area contributed by atoms with E-state index in [4.69, 9.17) is 4.42 Å².